The van der Waals surface area contributed by atoms with Crippen LogP contribution in [0.1, 0.15) is 23.6 Å². The number of aromatic nitrogens is 3. The molecule has 194 valence electrons. The molecule has 0 atom stereocenters. The second kappa shape index (κ2) is 9.68. The average Bonchev–Trinajstić information content (AvgIpc) is 3.44. The van der Waals surface area contributed by atoms with Crippen molar-refractivity contribution in [3.8, 4) is 33.9 Å². The molecule has 0 N–H and O–H groups in total. The summed E-state index contributed by atoms with van der Waals surface area (Å²) in [5, 5.41) is 3.35. The van der Waals surface area contributed by atoms with Crippen molar-refractivity contribution >= 4 is 27.3 Å². The smallest absolute Gasteiger partial charge is 0.164 e. The van der Waals surface area contributed by atoms with E-state index in [1.54, 1.807) is 0 Å². The molecule has 0 saturated heterocycles. The molecule has 0 radical (unpaired) electrons. The molecule has 0 fully saturated rings. The van der Waals surface area contributed by atoms with Crippen LogP contribution in [0.15, 0.2) is 132 Å². The molecule has 4 heteroatoms. The van der Waals surface area contributed by atoms with Gasteiger partial charge in [0.25, 0.3) is 0 Å². The number of allylic oxidation sites excluding steroid dienone is 1. The number of hydrogen-bond acceptors (Lipinski definition) is 4. The van der Waals surface area contributed by atoms with Crippen molar-refractivity contribution in [2.45, 2.75) is 12.8 Å². The molecule has 2 aromatic heterocycles. The molecule has 2 heterocycles. The summed E-state index contributed by atoms with van der Waals surface area (Å²) >= 11 is 0. The van der Waals surface area contributed by atoms with Crippen molar-refractivity contribution < 1.29 is 4.42 Å². The molecule has 0 aliphatic heterocycles. The van der Waals surface area contributed by atoms with Crippen LogP contribution < -0.4 is 0 Å². The number of nitrogens with zero attached hydrogens (tertiary/aromatic N) is 3. The molecule has 0 bridgehead atoms. The van der Waals surface area contributed by atoms with E-state index < -0.39 is 0 Å². The van der Waals surface area contributed by atoms with E-state index in [2.05, 4.69) is 91.0 Å². The Balaban J connectivity index is 1.36. The van der Waals surface area contributed by atoms with Crippen molar-refractivity contribution in [1.29, 1.82) is 0 Å². The highest BCUT2D eigenvalue weighted by Crippen LogP contribution is 2.42. The monoisotopic (exact) mass is 527 g/mol. The summed E-state index contributed by atoms with van der Waals surface area (Å²) in [5.41, 5.74) is 7.16. The Hall–Kier alpha value is -5.35. The van der Waals surface area contributed by atoms with Gasteiger partial charge in [-0.15, -0.1) is 0 Å². The predicted molar refractivity (Wildman–Crippen MR) is 165 cm³/mol. The zero-order valence-corrected chi connectivity index (χ0v) is 22.3. The van der Waals surface area contributed by atoms with E-state index >= 15 is 0 Å². The van der Waals surface area contributed by atoms with E-state index in [0.29, 0.717) is 17.5 Å². The number of aryl methyl sites for hydroxylation is 1. The zero-order valence-electron chi connectivity index (χ0n) is 22.3. The van der Waals surface area contributed by atoms with Crippen LogP contribution in [0.25, 0.3) is 61.2 Å². The fraction of sp³-hybridized carbons (Fsp3) is 0.0541. The summed E-state index contributed by atoms with van der Waals surface area (Å²) in [4.78, 5) is 15.2. The quantitative estimate of drug-likeness (QED) is 0.229. The van der Waals surface area contributed by atoms with Crippen LogP contribution in [0.4, 0.5) is 0 Å². The van der Waals surface area contributed by atoms with Crippen LogP contribution in [0, 0.1) is 0 Å². The van der Waals surface area contributed by atoms with Crippen LogP contribution in [0.2, 0.25) is 0 Å². The molecule has 0 saturated carbocycles. The Bertz CT molecular complexity index is 2090. The highest BCUT2D eigenvalue weighted by atomic mass is 16.3. The molecule has 8 rings (SSSR count). The summed E-state index contributed by atoms with van der Waals surface area (Å²) in [5.74, 6) is 2.96. The van der Waals surface area contributed by atoms with Gasteiger partial charge in [-0.2, -0.15) is 0 Å². The maximum absolute atomic E-state index is 6.60. The van der Waals surface area contributed by atoms with Crippen molar-refractivity contribution in [3.63, 3.8) is 0 Å². The molecule has 1 aliphatic rings. The van der Waals surface area contributed by atoms with Gasteiger partial charge in [0.05, 0.1) is 0 Å². The van der Waals surface area contributed by atoms with Crippen LogP contribution in [0.3, 0.4) is 0 Å². The molecule has 0 spiro atoms. The molecule has 41 heavy (non-hydrogen) atoms. The highest BCUT2D eigenvalue weighted by molar-refractivity contribution is 6.03. The Morgan fingerprint density at radius 1 is 0.512 bits per heavy atom. The zero-order chi connectivity index (χ0) is 27.2. The van der Waals surface area contributed by atoms with Gasteiger partial charge in [-0.25, -0.2) is 15.0 Å². The first-order chi connectivity index (χ1) is 20.3. The third-order valence-electron chi connectivity index (χ3n) is 7.80. The first-order valence-corrected chi connectivity index (χ1v) is 13.9. The fourth-order valence-corrected chi connectivity index (χ4v) is 5.89. The summed E-state index contributed by atoms with van der Waals surface area (Å²) < 4.78 is 6.60. The minimum atomic E-state index is 0.657. The number of benzene rings is 5. The Kier molecular flexibility index (Phi) is 5.56. The average molecular weight is 528 g/mol. The molecule has 5 aromatic carbocycles. The largest absolute Gasteiger partial charge is 0.460 e. The SMILES string of the molecule is C1=C(c2nc(-c3ccccc3)nc(-c3cccc4ccccc34)n2)c2c(oc3c(-c4ccccc4)cccc23)CC1. The van der Waals surface area contributed by atoms with Gasteiger partial charge in [0.2, 0.25) is 0 Å². The fourth-order valence-electron chi connectivity index (χ4n) is 5.89. The van der Waals surface area contributed by atoms with E-state index in [4.69, 9.17) is 19.4 Å². The number of hydrogen-bond donors (Lipinski definition) is 0. The van der Waals surface area contributed by atoms with Crippen LogP contribution in [-0.4, -0.2) is 15.0 Å². The van der Waals surface area contributed by atoms with Crippen molar-refractivity contribution in [2.24, 2.45) is 0 Å². The number of fused-ring (bicyclic) bond motifs is 4. The van der Waals surface area contributed by atoms with Gasteiger partial charge in [0, 0.05) is 39.6 Å². The van der Waals surface area contributed by atoms with Gasteiger partial charge >= 0.3 is 0 Å². The van der Waals surface area contributed by atoms with Gasteiger partial charge in [-0.3, -0.25) is 0 Å². The normalized spacial score (nSPS) is 12.8. The van der Waals surface area contributed by atoms with Gasteiger partial charge in [-0.05, 0) is 22.8 Å². The minimum Gasteiger partial charge on any atom is -0.460 e. The minimum absolute atomic E-state index is 0.657. The lowest BCUT2D eigenvalue weighted by Crippen LogP contribution is -2.06. The highest BCUT2D eigenvalue weighted by Gasteiger charge is 2.26. The third-order valence-corrected chi connectivity index (χ3v) is 7.80. The Morgan fingerprint density at radius 2 is 1.15 bits per heavy atom. The maximum Gasteiger partial charge on any atom is 0.164 e. The Labute approximate surface area is 237 Å². The van der Waals surface area contributed by atoms with Crippen LogP contribution in [-0.2, 0) is 6.42 Å². The lowest BCUT2D eigenvalue weighted by molar-refractivity contribution is 0.546. The summed E-state index contributed by atoms with van der Waals surface area (Å²) in [6.07, 6.45) is 3.96. The van der Waals surface area contributed by atoms with Crippen molar-refractivity contribution in [3.05, 3.63) is 145 Å². The van der Waals surface area contributed by atoms with E-state index in [1.807, 2.05) is 36.4 Å². The summed E-state index contributed by atoms with van der Waals surface area (Å²) in [7, 11) is 0. The maximum atomic E-state index is 6.60. The van der Waals surface area contributed by atoms with Crippen molar-refractivity contribution in [1.82, 2.24) is 15.0 Å². The number of rotatable bonds is 4. The van der Waals surface area contributed by atoms with Gasteiger partial charge < -0.3 is 4.42 Å². The molecule has 0 amide bonds. The second-order valence-corrected chi connectivity index (χ2v) is 10.3. The van der Waals surface area contributed by atoms with Gasteiger partial charge in [0.15, 0.2) is 17.5 Å². The summed E-state index contributed by atoms with van der Waals surface area (Å²) in [6.45, 7) is 0. The Morgan fingerprint density at radius 3 is 2.00 bits per heavy atom. The van der Waals surface area contributed by atoms with E-state index in [-0.39, 0.29) is 0 Å². The molecule has 4 nitrogen and oxygen atoms in total. The molecule has 7 aromatic rings. The predicted octanol–water partition coefficient (Wildman–Crippen LogP) is 9.15. The topological polar surface area (TPSA) is 51.8 Å². The van der Waals surface area contributed by atoms with Gasteiger partial charge in [0.1, 0.15) is 11.3 Å². The van der Waals surface area contributed by atoms with Crippen LogP contribution in [0.5, 0.6) is 0 Å². The molecule has 0 unspecified atom stereocenters. The molecular weight excluding hydrogens is 502 g/mol. The van der Waals surface area contributed by atoms with E-state index in [0.717, 1.165) is 73.7 Å². The molecule has 1 aliphatic carbocycles. The first-order valence-electron chi connectivity index (χ1n) is 13.9. The van der Waals surface area contributed by atoms with Crippen LogP contribution >= 0.6 is 0 Å². The summed E-state index contributed by atoms with van der Waals surface area (Å²) in [6, 6.07) is 41.6. The molecular formula is C37H25N3O. The first kappa shape index (κ1) is 23.5. The standard InChI is InChI=1S/C37H25N3O/c1-3-12-25(13-4-1)28-19-10-21-30-33-31(22-11-23-32(33)41-34(28)30)37-39-35(26-15-5-2-6-16-26)38-36(40-37)29-20-9-17-24-14-7-8-18-27(24)29/h1-10,12-22H,11,23H2. The number of para-hydroxylation sites is 1. The van der Waals surface area contributed by atoms with Crippen molar-refractivity contribution in [2.75, 3.05) is 0 Å². The van der Waals surface area contributed by atoms with E-state index in [1.165, 1.54) is 0 Å². The van der Waals surface area contributed by atoms with Gasteiger partial charge in [-0.1, -0.05) is 127 Å². The lowest BCUT2D eigenvalue weighted by Gasteiger charge is -2.15. The third kappa shape index (κ3) is 4.04. The van der Waals surface area contributed by atoms with E-state index in [9.17, 15) is 0 Å². The lowest BCUT2D eigenvalue weighted by atomic mass is 9.92. The second-order valence-electron chi connectivity index (χ2n) is 10.3. The number of furan rings is 1.